The van der Waals surface area contributed by atoms with Crippen LogP contribution in [0.15, 0.2) is 0 Å². The maximum atomic E-state index is 2.36. The largest absolute Gasteiger partial charge is 1.00 e. The van der Waals surface area contributed by atoms with Gasteiger partial charge in [-0.15, -0.1) is 0 Å². The minimum atomic E-state index is 0. The number of quaternary nitrogens is 1. The number of halogens is 1. The van der Waals surface area contributed by atoms with Crippen LogP contribution in [0.5, 0.6) is 0 Å². The van der Waals surface area contributed by atoms with Crippen molar-refractivity contribution in [3.05, 3.63) is 0 Å². The van der Waals surface area contributed by atoms with Crippen molar-refractivity contribution >= 4 is 0 Å². The van der Waals surface area contributed by atoms with Crippen molar-refractivity contribution in [3.63, 3.8) is 0 Å². The molecule has 1 heterocycles. The summed E-state index contributed by atoms with van der Waals surface area (Å²) in [6, 6.07) is 0. The second-order valence-corrected chi connectivity index (χ2v) is 4.09. The summed E-state index contributed by atoms with van der Waals surface area (Å²) < 4.78 is 1.24. The fraction of sp³-hybridized carbons (Fsp3) is 1.00. The van der Waals surface area contributed by atoms with Gasteiger partial charge in [0.1, 0.15) is 0 Å². The number of likely N-dealkylation sites (tertiary alicyclic amines) is 1. The lowest BCUT2D eigenvalue weighted by atomic mass is 9.99. The molecule has 0 aromatic heterocycles. The van der Waals surface area contributed by atoms with Gasteiger partial charge in [-0.1, -0.05) is 6.92 Å². The molecule has 0 saturated carbocycles. The molecule has 1 atom stereocenters. The van der Waals surface area contributed by atoms with Gasteiger partial charge in [0, 0.05) is 5.92 Å². The fourth-order valence-corrected chi connectivity index (χ4v) is 1.89. The standard InChI is InChI=1S/C8H18N.HI/c1-8-5-4-6-9(2,3)7-8;/h8H,4-7H2,1-3H3;1H/q+1;/p-1. The van der Waals surface area contributed by atoms with E-state index in [9.17, 15) is 0 Å². The van der Waals surface area contributed by atoms with Gasteiger partial charge in [-0.3, -0.25) is 0 Å². The molecule has 0 radical (unpaired) electrons. The quantitative estimate of drug-likeness (QED) is 0.365. The third-order valence-electron chi connectivity index (χ3n) is 2.27. The van der Waals surface area contributed by atoms with Crippen LogP contribution in [-0.4, -0.2) is 31.7 Å². The van der Waals surface area contributed by atoms with Crippen molar-refractivity contribution in [1.29, 1.82) is 0 Å². The van der Waals surface area contributed by atoms with Gasteiger partial charge < -0.3 is 28.5 Å². The maximum absolute atomic E-state index is 2.36. The topological polar surface area (TPSA) is 0 Å². The number of rotatable bonds is 0. The van der Waals surface area contributed by atoms with Crippen LogP contribution in [-0.2, 0) is 0 Å². The van der Waals surface area contributed by atoms with Crippen LogP contribution in [0.1, 0.15) is 19.8 Å². The van der Waals surface area contributed by atoms with Crippen LogP contribution < -0.4 is 24.0 Å². The van der Waals surface area contributed by atoms with Crippen molar-refractivity contribution in [1.82, 2.24) is 0 Å². The van der Waals surface area contributed by atoms with Crippen LogP contribution in [0.3, 0.4) is 0 Å². The molecule has 1 saturated heterocycles. The maximum Gasteiger partial charge on any atom is 0.0808 e. The number of nitrogens with zero attached hydrogens (tertiary/aromatic N) is 1. The zero-order valence-electron chi connectivity index (χ0n) is 7.23. The Morgan fingerprint density at radius 1 is 1.30 bits per heavy atom. The van der Waals surface area contributed by atoms with E-state index in [1.54, 1.807) is 0 Å². The molecule has 0 spiro atoms. The first-order valence-electron chi connectivity index (χ1n) is 3.92. The van der Waals surface area contributed by atoms with E-state index in [0.29, 0.717) is 0 Å². The molecule has 0 aliphatic carbocycles. The van der Waals surface area contributed by atoms with Crippen LogP contribution in [0.4, 0.5) is 0 Å². The average molecular weight is 255 g/mol. The minimum Gasteiger partial charge on any atom is -1.00 e. The second kappa shape index (κ2) is 3.90. The SMILES string of the molecule is CC1CCC[N+](C)(C)C1.[I-]. The Bertz CT molecular complexity index is 101. The number of hydrogen-bond acceptors (Lipinski definition) is 0. The first-order valence-corrected chi connectivity index (χ1v) is 3.92. The second-order valence-electron chi connectivity index (χ2n) is 4.09. The molecular formula is C8H18IN. The highest BCUT2D eigenvalue weighted by atomic mass is 127. The number of hydrogen-bond donors (Lipinski definition) is 0. The Hall–Kier alpha value is 0.690. The Kier molecular flexibility index (Phi) is 4.17. The van der Waals surface area contributed by atoms with Gasteiger partial charge in [0.25, 0.3) is 0 Å². The summed E-state index contributed by atoms with van der Waals surface area (Å²) in [4.78, 5) is 0. The minimum absolute atomic E-state index is 0. The average Bonchev–Trinajstić information content (AvgIpc) is 1.60. The predicted octanol–water partition coefficient (Wildman–Crippen LogP) is -1.50. The van der Waals surface area contributed by atoms with E-state index < -0.39 is 0 Å². The molecule has 2 heteroatoms. The molecule has 0 bridgehead atoms. The summed E-state index contributed by atoms with van der Waals surface area (Å²) in [5.74, 6) is 0.953. The Morgan fingerprint density at radius 3 is 2.20 bits per heavy atom. The molecule has 0 aromatic carbocycles. The van der Waals surface area contributed by atoms with Gasteiger partial charge in [-0.25, -0.2) is 0 Å². The van der Waals surface area contributed by atoms with E-state index >= 15 is 0 Å². The predicted molar refractivity (Wildman–Crippen MR) is 40.2 cm³/mol. The van der Waals surface area contributed by atoms with E-state index in [1.807, 2.05) is 0 Å². The Morgan fingerprint density at radius 2 is 1.90 bits per heavy atom. The Balaban J connectivity index is 0.000000810. The third-order valence-corrected chi connectivity index (χ3v) is 2.27. The van der Waals surface area contributed by atoms with Gasteiger partial charge >= 0.3 is 0 Å². The molecule has 1 fully saturated rings. The molecule has 1 unspecified atom stereocenters. The van der Waals surface area contributed by atoms with Gasteiger partial charge in [-0.05, 0) is 12.8 Å². The smallest absolute Gasteiger partial charge is 0.0808 e. The van der Waals surface area contributed by atoms with Gasteiger partial charge in [0.2, 0.25) is 0 Å². The zero-order valence-corrected chi connectivity index (χ0v) is 9.39. The Labute approximate surface area is 81.4 Å². The first kappa shape index (κ1) is 10.7. The van der Waals surface area contributed by atoms with Gasteiger partial charge in [0.05, 0.1) is 27.2 Å². The summed E-state index contributed by atoms with van der Waals surface area (Å²) in [6.07, 6.45) is 2.87. The molecule has 0 N–H and O–H groups in total. The molecule has 1 aliphatic rings. The highest BCUT2D eigenvalue weighted by Gasteiger charge is 2.23. The van der Waals surface area contributed by atoms with Crippen molar-refractivity contribution in [2.45, 2.75) is 19.8 Å². The molecule has 0 aromatic rings. The van der Waals surface area contributed by atoms with Crippen molar-refractivity contribution in [3.8, 4) is 0 Å². The highest BCUT2D eigenvalue weighted by molar-refractivity contribution is 4.57. The molecular weight excluding hydrogens is 237 g/mol. The van der Waals surface area contributed by atoms with Crippen molar-refractivity contribution in [2.24, 2.45) is 5.92 Å². The lowest BCUT2D eigenvalue weighted by Gasteiger charge is -2.36. The first-order chi connectivity index (χ1) is 4.10. The monoisotopic (exact) mass is 255 g/mol. The highest BCUT2D eigenvalue weighted by Crippen LogP contribution is 2.18. The van der Waals surface area contributed by atoms with Gasteiger partial charge in [0.15, 0.2) is 0 Å². The lowest BCUT2D eigenvalue weighted by Crippen LogP contribution is -3.00. The summed E-state index contributed by atoms with van der Waals surface area (Å²) in [5, 5.41) is 0. The van der Waals surface area contributed by atoms with E-state index in [4.69, 9.17) is 0 Å². The van der Waals surface area contributed by atoms with Crippen LogP contribution in [0.2, 0.25) is 0 Å². The van der Waals surface area contributed by atoms with Crippen LogP contribution >= 0.6 is 0 Å². The molecule has 1 rings (SSSR count). The fourth-order valence-electron chi connectivity index (χ4n) is 1.89. The molecule has 1 nitrogen and oxygen atoms in total. The van der Waals surface area contributed by atoms with Crippen molar-refractivity contribution in [2.75, 3.05) is 27.2 Å². The van der Waals surface area contributed by atoms with Crippen molar-refractivity contribution < 1.29 is 28.5 Å². The summed E-state index contributed by atoms with van der Waals surface area (Å²) in [7, 11) is 4.66. The molecule has 62 valence electrons. The third kappa shape index (κ3) is 3.19. The number of piperidine rings is 1. The molecule has 10 heavy (non-hydrogen) atoms. The van der Waals surface area contributed by atoms with E-state index in [2.05, 4.69) is 21.0 Å². The summed E-state index contributed by atoms with van der Waals surface area (Å²) >= 11 is 0. The normalized spacial score (nSPS) is 30.9. The molecule has 0 amide bonds. The van der Waals surface area contributed by atoms with E-state index in [0.717, 1.165) is 5.92 Å². The van der Waals surface area contributed by atoms with E-state index in [1.165, 1.54) is 30.4 Å². The van der Waals surface area contributed by atoms with Gasteiger partial charge in [-0.2, -0.15) is 0 Å². The van der Waals surface area contributed by atoms with Crippen LogP contribution in [0, 0.1) is 5.92 Å². The van der Waals surface area contributed by atoms with Crippen LogP contribution in [0.25, 0.3) is 0 Å². The van der Waals surface area contributed by atoms with E-state index in [-0.39, 0.29) is 24.0 Å². The molecule has 1 aliphatic heterocycles. The summed E-state index contributed by atoms with van der Waals surface area (Å²) in [6.45, 7) is 5.11. The summed E-state index contributed by atoms with van der Waals surface area (Å²) in [5.41, 5.74) is 0. The zero-order chi connectivity index (χ0) is 6.91. The lowest BCUT2D eigenvalue weighted by molar-refractivity contribution is -0.898.